The van der Waals surface area contributed by atoms with Gasteiger partial charge in [0.15, 0.2) is 4.90 Å². The van der Waals surface area contributed by atoms with Gasteiger partial charge in [-0.15, -0.1) is 0 Å². The summed E-state index contributed by atoms with van der Waals surface area (Å²) >= 11 is 0. The molecule has 0 saturated heterocycles. The number of nitrogens with one attached hydrogen (secondary N) is 1. The molecule has 0 spiro atoms. The van der Waals surface area contributed by atoms with E-state index in [0.29, 0.717) is 6.42 Å². The van der Waals surface area contributed by atoms with Crippen molar-refractivity contribution >= 4 is 10.0 Å². The SMILES string of the molecule is Cn1cc(S(=O)(=O)NCC(C)(C)CCO)c(=O)n(C)c1=O. The molecule has 0 aromatic carbocycles. The van der Waals surface area contributed by atoms with Crippen LogP contribution in [0.3, 0.4) is 0 Å². The Bertz CT molecular complexity index is 730. The van der Waals surface area contributed by atoms with Gasteiger partial charge in [-0.05, 0) is 11.8 Å². The van der Waals surface area contributed by atoms with E-state index in [4.69, 9.17) is 5.11 Å². The Morgan fingerprint density at radius 3 is 2.38 bits per heavy atom. The highest BCUT2D eigenvalue weighted by Gasteiger charge is 2.25. The number of aliphatic hydroxyl groups excluding tert-OH is 1. The van der Waals surface area contributed by atoms with Crippen molar-refractivity contribution in [3.63, 3.8) is 0 Å². The fraction of sp³-hybridized carbons (Fsp3) is 0.667. The zero-order chi connectivity index (χ0) is 16.4. The van der Waals surface area contributed by atoms with E-state index in [0.717, 1.165) is 15.3 Å². The van der Waals surface area contributed by atoms with Gasteiger partial charge in [-0.1, -0.05) is 13.8 Å². The normalized spacial score (nSPS) is 12.6. The maximum atomic E-state index is 12.2. The molecule has 2 N–H and O–H groups in total. The highest BCUT2D eigenvalue weighted by atomic mass is 32.2. The summed E-state index contributed by atoms with van der Waals surface area (Å²) in [4.78, 5) is 23.0. The number of sulfonamides is 1. The number of rotatable bonds is 6. The van der Waals surface area contributed by atoms with Crippen molar-refractivity contribution in [1.29, 1.82) is 0 Å². The molecule has 8 nitrogen and oxygen atoms in total. The Morgan fingerprint density at radius 2 is 1.86 bits per heavy atom. The van der Waals surface area contributed by atoms with E-state index in [1.165, 1.54) is 14.1 Å². The summed E-state index contributed by atoms with van der Waals surface area (Å²) in [6.07, 6.45) is 1.42. The molecule has 0 fully saturated rings. The number of hydrogen-bond donors (Lipinski definition) is 2. The van der Waals surface area contributed by atoms with Crippen molar-refractivity contribution in [1.82, 2.24) is 13.9 Å². The van der Waals surface area contributed by atoms with Crippen LogP contribution in [0.25, 0.3) is 0 Å². The predicted octanol–water partition coefficient (Wildman–Crippen LogP) is -1.23. The van der Waals surface area contributed by atoms with Gasteiger partial charge < -0.3 is 9.67 Å². The smallest absolute Gasteiger partial charge is 0.330 e. The predicted molar refractivity (Wildman–Crippen MR) is 77.6 cm³/mol. The first kappa shape index (κ1) is 17.6. The van der Waals surface area contributed by atoms with Crippen LogP contribution in [-0.2, 0) is 24.1 Å². The summed E-state index contributed by atoms with van der Waals surface area (Å²) in [7, 11) is -1.44. The molecule has 9 heteroatoms. The van der Waals surface area contributed by atoms with E-state index in [9.17, 15) is 18.0 Å². The second-order valence-corrected chi connectivity index (χ2v) is 7.45. The molecule has 0 aliphatic rings. The maximum Gasteiger partial charge on any atom is 0.330 e. The summed E-state index contributed by atoms with van der Waals surface area (Å²) in [5, 5.41) is 8.93. The molecule has 0 saturated carbocycles. The van der Waals surface area contributed by atoms with Crippen LogP contribution in [0.2, 0.25) is 0 Å². The van der Waals surface area contributed by atoms with Crippen molar-refractivity contribution in [2.75, 3.05) is 13.2 Å². The van der Waals surface area contributed by atoms with E-state index >= 15 is 0 Å². The molecule has 0 bridgehead atoms. The van der Waals surface area contributed by atoms with Crippen LogP contribution in [0.15, 0.2) is 20.7 Å². The molecule has 120 valence electrons. The first-order chi connectivity index (χ1) is 9.52. The maximum absolute atomic E-state index is 12.2. The topological polar surface area (TPSA) is 110 Å². The summed E-state index contributed by atoms with van der Waals surface area (Å²) in [6.45, 7) is 3.60. The zero-order valence-corrected chi connectivity index (χ0v) is 13.4. The largest absolute Gasteiger partial charge is 0.396 e. The molecule has 1 aromatic rings. The van der Waals surface area contributed by atoms with Gasteiger partial charge in [-0.25, -0.2) is 17.9 Å². The number of aryl methyl sites for hydroxylation is 1. The molecule has 1 aromatic heterocycles. The lowest BCUT2D eigenvalue weighted by molar-refractivity contribution is 0.213. The zero-order valence-electron chi connectivity index (χ0n) is 12.6. The summed E-state index contributed by atoms with van der Waals surface area (Å²) in [5.41, 5.74) is -1.92. The molecular formula is C12H21N3O5S. The molecule has 0 radical (unpaired) electrons. The summed E-state index contributed by atoms with van der Waals surface area (Å²) < 4.78 is 28.6. The number of aromatic nitrogens is 2. The average Bonchev–Trinajstić information content (AvgIpc) is 2.38. The van der Waals surface area contributed by atoms with Gasteiger partial charge in [-0.2, -0.15) is 0 Å². The second-order valence-electron chi connectivity index (χ2n) is 5.71. The van der Waals surface area contributed by atoms with Gasteiger partial charge in [0.25, 0.3) is 5.56 Å². The Balaban J connectivity index is 3.16. The average molecular weight is 319 g/mol. The van der Waals surface area contributed by atoms with Crippen molar-refractivity contribution in [3.8, 4) is 0 Å². The highest BCUT2D eigenvalue weighted by molar-refractivity contribution is 7.89. The van der Waals surface area contributed by atoms with E-state index in [1.54, 1.807) is 13.8 Å². The first-order valence-electron chi connectivity index (χ1n) is 6.39. The second kappa shape index (κ2) is 6.12. The minimum Gasteiger partial charge on any atom is -0.396 e. The monoisotopic (exact) mass is 319 g/mol. The van der Waals surface area contributed by atoms with Crippen LogP contribution in [0.4, 0.5) is 0 Å². The van der Waals surface area contributed by atoms with Crippen LogP contribution in [0, 0.1) is 5.41 Å². The fourth-order valence-corrected chi connectivity index (χ4v) is 3.12. The number of nitrogens with zero attached hydrogens (tertiary/aromatic N) is 2. The molecule has 0 amide bonds. The van der Waals surface area contributed by atoms with Gasteiger partial charge in [0.2, 0.25) is 10.0 Å². The standard InChI is InChI=1S/C12H21N3O5S/c1-12(2,5-6-16)8-13-21(19,20)9-7-14(3)11(18)15(4)10(9)17/h7,13,16H,5-6,8H2,1-4H3. The van der Waals surface area contributed by atoms with Gasteiger partial charge in [0.1, 0.15) is 0 Å². The minimum absolute atomic E-state index is 0.0592. The third kappa shape index (κ3) is 4.02. The van der Waals surface area contributed by atoms with E-state index < -0.39 is 31.6 Å². The fourth-order valence-electron chi connectivity index (χ4n) is 1.72. The van der Waals surface area contributed by atoms with Crippen molar-refractivity contribution in [2.24, 2.45) is 19.5 Å². The van der Waals surface area contributed by atoms with E-state index in [1.807, 2.05) is 0 Å². The lowest BCUT2D eigenvalue weighted by Gasteiger charge is -2.23. The van der Waals surface area contributed by atoms with E-state index in [-0.39, 0.29) is 13.2 Å². The molecule has 1 rings (SSSR count). The minimum atomic E-state index is -4.03. The van der Waals surface area contributed by atoms with Crippen molar-refractivity contribution in [3.05, 3.63) is 27.0 Å². The quantitative estimate of drug-likeness (QED) is 0.682. The van der Waals surface area contributed by atoms with Crippen LogP contribution >= 0.6 is 0 Å². The third-order valence-corrected chi connectivity index (χ3v) is 4.62. The molecule has 1 heterocycles. The van der Waals surface area contributed by atoms with Gasteiger partial charge in [0, 0.05) is 33.4 Å². The molecule has 21 heavy (non-hydrogen) atoms. The van der Waals surface area contributed by atoms with Crippen molar-refractivity contribution in [2.45, 2.75) is 25.2 Å². The van der Waals surface area contributed by atoms with Crippen LogP contribution in [0.1, 0.15) is 20.3 Å². The molecule has 0 atom stereocenters. The van der Waals surface area contributed by atoms with Crippen molar-refractivity contribution < 1.29 is 13.5 Å². The van der Waals surface area contributed by atoms with Crippen LogP contribution in [0.5, 0.6) is 0 Å². The van der Waals surface area contributed by atoms with Gasteiger partial charge in [0.05, 0.1) is 0 Å². The van der Waals surface area contributed by atoms with Crippen LogP contribution in [-0.4, -0.2) is 35.8 Å². The van der Waals surface area contributed by atoms with E-state index in [2.05, 4.69) is 4.72 Å². The van der Waals surface area contributed by atoms with Gasteiger partial charge >= 0.3 is 5.69 Å². The lowest BCUT2D eigenvalue weighted by atomic mass is 9.90. The molecule has 0 aliphatic heterocycles. The molecule has 0 unspecified atom stereocenters. The summed E-state index contributed by atoms with van der Waals surface area (Å²) in [5.74, 6) is 0. The Hall–Kier alpha value is -1.45. The molecular weight excluding hydrogens is 298 g/mol. The first-order valence-corrected chi connectivity index (χ1v) is 7.87. The number of hydrogen-bond acceptors (Lipinski definition) is 5. The summed E-state index contributed by atoms with van der Waals surface area (Å²) in [6, 6.07) is 0. The number of aliphatic hydroxyl groups is 1. The Labute approximate surface area is 123 Å². The lowest BCUT2D eigenvalue weighted by Crippen LogP contribution is -2.43. The third-order valence-electron chi connectivity index (χ3n) is 3.23. The highest BCUT2D eigenvalue weighted by Crippen LogP contribution is 2.18. The molecule has 0 aliphatic carbocycles. The Kier molecular flexibility index (Phi) is 5.13. The Morgan fingerprint density at radius 1 is 1.29 bits per heavy atom. The van der Waals surface area contributed by atoms with Gasteiger partial charge in [-0.3, -0.25) is 9.36 Å². The van der Waals surface area contributed by atoms with Crippen LogP contribution < -0.4 is 16.0 Å².